The van der Waals surface area contributed by atoms with Crippen LogP contribution in [0.3, 0.4) is 0 Å². The van der Waals surface area contributed by atoms with Gasteiger partial charge >= 0.3 is 0 Å². The van der Waals surface area contributed by atoms with Gasteiger partial charge in [-0.1, -0.05) is 50.2 Å². The predicted molar refractivity (Wildman–Crippen MR) is 76.0 cm³/mol. The van der Waals surface area contributed by atoms with Gasteiger partial charge < -0.3 is 4.74 Å². The second-order valence-corrected chi connectivity index (χ2v) is 4.79. The monoisotopic (exact) mass is 251 g/mol. The second-order valence-electron chi connectivity index (χ2n) is 4.79. The van der Waals surface area contributed by atoms with Crippen molar-refractivity contribution >= 4 is 0 Å². The van der Waals surface area contributed by atoms with Gasteiger partial charge in [-0.05, 0) is 29.2 Å². The number of hydrogen-bond acceptors (Lipinski definition) is 2. The Morgan fingerprint density at radius 3 is 2.37 bits per heavy atom. The van der Waals surface area contributed by atoms with Crippen LogP contribution in [-0.4, -0.2) is 0 Å². The number of hydrogen-bond donors (Lipinski definition) is 0. The molecule has 0 spiro atoms. The highest BCUT2D eigenvalue weighted by molar-refractivity contribution is 5.42. The van der Waals surface area contributed by atoms with E-state index in [0.29, 0.717) is 23.8 Å². The summed E-state index contributed by atoms with van der Waals surface area (Å²) in [6.07, 6.45) is 0. The molecule has 0 aromatic heterocycles. The molecule has 0 saturated heterocycles. The van der Waals surface area contributed by atoms with E-state index in [2.05, 4.69) is 44.2 Å². The zero-order valence-corrected chi connectivity index (χ0v) is 11.3. The number of nitriles is 1. The van der Waals surface area contributed by atoms with Gasteiger partial charge in [-0.3, -0.25) is 0 Å². The minimum Gasteiger partial charge on any atom is -0.488 e. The SMILES string of the molecule is CC(C)c1ccc(COc2ccccc2C#N)cc1. The maximum absolute atomic E-state index is 8.98. The Labute approximate surface area is 114 Å². The van der Waals surface area contributed by atoms with Crippen LogP contribution in [0.15, 0.2) is 48.5 Å². The molecule has 0 bridgehead atoms. The van der Waals surface area contributed by atoms with E-state index in [4.69, 9.17) is 10.00 Å². The van der Waals surface area contributed by atoms with Gasteiger partial charge in [0, 0.05) is 0 Å². The largest absolute Gasteiger partial charge is 0.488 e. The molecule has 96 valence electrons. The summed E-state index contributed by atoms with van der Waals surface area (Å²) < 4.78 is 5.69. The Kier molecular flexibility index (Phi) is 4.20. The molecule has 0 aliphatic rings. The van der Waals surface area contributed by atoms with Crippen LogP contribution in [0.5, 0.6) is 5.75 Å². The molecule has 19 heavy (non-hydrogen) atoms. The van der Waals surface area contributed by atoms with Crippen molar-refractivity contribution in [3.8, 4) is 11.8 Å². The number of rotatable bonds is 4. The molecule has 2 rings (SSSR count). The van der Waals surface area contributed by atoms with Crippen molar-refractivity contribution in [2.24, 2.45) is 0 Å². The molecule has 2 aromatic rings. The lowest BCUT2D eigenvalue weighted by atomic mass is 10.0. The van der Waals surface area contributed by atoms with Crippen LogP contribution < -0.4 is 4.74 Å². The van der Waals surface area contributed by atoms with Crippen LogP contribution in [0, 0.1) is 11.3 Å². The molecule has 0 aliphatic heterocycles. The highest BCUT2D eigenvalue weighted by Gasteiger charge is 2.03. The lowest BCUT2D eigenvalue weighted by Crippen LogP contribution is -1.97. The van der Waals surface area contributed by atoms with Crippen LogP contribution in [0.4, 0.5) is 0 Å². The number of ether oxygens (including phenoxy) is 1. The fraction of sp³-hybridized carbons (Fsp3) is 0.235. The van der Waals surface area contributed by atoms with E-state index >= 15 is 0 Å². The third-order valence-electron chi connectivity index (χ3n) is 3.05. The van der Waals surface area contributed by atoms with E-state index in [1.165, 1.54) is 5.56 Å². The van der Waals surface area contributed by atoms with Crippen LogP contribution in [-0.2, 0) is 6.61 Å². The Morgan fingerprint density at radius 1 is 1.05 bits per heavy atom. The number of benzene rings is 2. The minimum atomic E-state index is 0.483. The Morgan fingerprint density at radius 2 is 1.74 bits per heavy atom. The summed E-state index contributed by atoms with van der Waals surface area (Å²) in [6.45, 7) is 4.83. The van der Waals surface area contributed by atoms with Gasteiger partial charge in [0.15, 0.2) is 0 Å². The van der Waals surface area contributed by atoms with Gasteiger partial charge in [0.1, 0.15) is 18.4 Å². The third-order valence-corrected chi connectivity index (χ3v) is 3.05. The van der Waals surface area contributed by atoms with Crippen LogP contribution in [0.25, 0.3) is 0 Å². The zero-order valence-electron chi connectivity index (χ0n) is 11.3. The van der Waals surface area contributed by atoms with E-state index in [0.717, 1.165) is 5.56 Å². The summed E-state index contributed by atoms with van der Waals surface area (Å²) in [5, 5.41) is 8.98. The molecule has 0 saturated carbocycles. The third kappa shape index (κ3) is 3.35. The van der Waals surface area contributed by atoms with Gasteiger partial charge in [0.2, 0.25) is 0 Å². The first-order valence-corrected chi connectivity index (χ1v) is 6.41. The first kappa shape index (κ1) is 13.2. The van der Waals surface area contributed by atoms with E-state index in [1.54, 1.807) is 6.07 Å². The highest BCUT2D eigenvalue weighted by Crippen LogP contribution is 2.19. The molecular weight excluding hydrogens is 234 g/mol. The van der Waals surface area contributed by atoms with Crippen molar-refractivity contribution < 1.29 is 4.74 Å². The van der Waals surface area contributed by atoms with Crippen LogP contribution in [0.1, 0.15) is 36.5 Å². The Hall–Kier alpha value is -2.27. The normalized spacial score (nSPS) is 10.2. The molecule has 2 heteroatoms. The lowest BCUT2D eigenvalue weighted by Gasteiger charge is -2.09. The van der Waals surface area contributed by atoms with E-state index in [9.17, 15) is 0 Å². The maximum atomic E-state index is 8.98. The summed E-state index contributed by atoms with van der Waals surface area (Å²) >= 11 is 0. The molecule has 0 amide bonds. The van der Waals surface area contributed by atoms with Crippen molar-refractivity contribution in [1.82, 2.24) is 0 Å². The molecule has 2 nitrogen and oxygen atoms in total. The van der Waals surface area contributed by atoms with Gasteiger partial charge in [0.05, 0.1) is 5.56 Å². The summed E-state index contributed by atoms with van der Waals surface area (Å²) in [6, 6.07) is 17.8. The Bertz CT molecular complexity index is 579. The summed E-state index contributed by atoms with van der Waals surface area (Å²) in [4.78, 5) is 0. The van der Waals surface area contributed by atoms with Crippen molar-refractivity contribution in [1.29, 1.82) is 5.26 Å². The quantitative estimate of drug-likeness (QED) is 0.813. The van der Waals surface area contributed by atoms with E-state index in [1.807, 2.05) is 18.2 Å². The number of para-hydroxylation sites is 1. The molecule has 0 fully saturated rings. The summed E-state index contributed by atoms with van der Waals surface area (Å²) in [5.41, 5.74) is 3.00. The summed E-state index contributed by atoms with van der Waals surface area (Å²) in [7, 11) is 0. The molecule has 0 radical (unpaired) electrons. The second kappa shape index (κ2) is 6.06. The van der Waals surface area contributed by atoms with E-state index < -0.39 is 0 Å². The van der Waals surface area contributed by atoms with Gasteiger partial charge in [-0.15, -0.1) is 0 Å². The fourth-order valence-corrected chi connectivity index (χ4v) is 1.84. The number of nitrogens with zero attached hydrogens (tertiary/aromatic N) is 1. The van der Waals surface area contributed by atoms with Gasteiger partial charge in [0.25, 0.3) is 0 Å². The highest BCUT2D eigenvalue weighted by atomic mass is 16.5. The van der Waals surface area contributed by atoms with Crippen molar-refractivity contribution in [2.45, 2.75) is 26.4 Å². The molecule has 0 heterocycles. The van der Waals surface area contributed by atoms with Crippen molar-refractivity contribution in [3.63, 3.8) is 0 Å². The lowest BCUT2D eigenvalue weighted by molar-refractivity contribution is 0.305. The topological polar surface area (TPSA) is 33.0 Å². The fourth-order valence-electron chi connectivity index (χ4n) is 1.84. The summed E-state index contributed by atoms with van der Waals surface area (Å²) in [5.74, 6) is 1.17. The van der Waals surface area contributed by atoms with Gasteiger partial charge in [-0.2, -0.15) is 5.26 Å². The Balaban J connectivity index is 2.04. The molecule has 2 aromatic carbocycles. The minimum absolute atomic E-state index is 0.483. The zero-order chi connectivity index (χ0) is 13.7. The van der Waals surface area contributed by atoms with E-state index in [-0.39, 0.29) is 0 Å². The molecule has 0 aliphatic carbocycles. The standard InChI is InChI=1S/C17H17NO/c1-13(2)15-9-7-14(8-10-15)12-19-17-6-4-3-5-16(17)11-18/h3-10,13H,12H2,1-2H3. The molecule has 0 atom stereocenters. The maximum Gasteiger partial charge on any atom is 0.137 e. The molecule has 0 unspecified atom stereocenters. The molecular formula is C17H17NO. The average Bonchev–Trinajstić information content (AvgIpc) is 2.45. The van der Waals surface area contributed by atoms with Crippen molar-refractivity contribution in [3.05, 3.63) is 65.2 Å². The van der Waals surface area contributed by atoms with Crippen LogP contribution >= 0.6 is 0 Å². The predicted octanol–water partition coefficient (Wildman–Crippen LogP) is 4.26. The molecule has 0 N–H and O–H groups in total. The average molecular weight is 251 g/mol. The smallest absolute Gasteiger partial charge is 0.137 e. The van der Waals surface area contributed by atoms with Gasteiger partial charge in [-0.25, -0.2) is 0 Å². The van der Waals surface area contributed by atoms with Crippen molar-refractivity contribution in [2.75, 3.05) is 0 Å². The first-order chi connectivity index (χ1) is 9.20. The van der Waals surface area contributed by atoms with Crippen LogP contribution in [0.2, 0.25) is 0 Å². The first-order valence-electron chi connectivity index (χ1n) is 6.41.